The largest absolute Gasteiger partial charge is 0.493 e. The summed E-state index contributed by atoms with van der Waals surface area (Å²) in [5.41, 5.74) is 5.39. The molecule has 0 saturated carbocycles. The Labute approximate surface area is 191 Å². The average Bonchev–Trinajstić information content (AvgIpc) is 3.55. The maximum absolute atomic E-state index is 5.55. The highest BCUT2D eigenvalue weighted by Crippen LogP contribution is 2.39. The second-order valence-corrected chi connectivity index (χ2v) is 8.68. The summed E-state index contributed by atoms with van der Waals surface area (Å²) in [6.45, 7) is 3.98. The minimum Gasteiger partial charge on any atom is -0.493 e. The van der Waals surface area contributed by atoms with E-state index in [0.29, 0.717) is 0 Å². The van der Waals surface area contributed by atoms with E-state index in [4.69, 9.17) is 9.47 Å². The third-order valence-electron chi connectivity index (χ3n) is 5.97. The molecule has 0 aliphatic carbocycles. The smallest absolute Gasteiger partial charge is 0.162 e. The number of hydrogen-bond acceptors (Lipinski definition) is 5. The summed E-state index contributed by atoms with van der Waals surface area (Å²) >= 11 is 1.77. The van der Waals surface area contributed by atoms with Gasteiger partial charge in [-0.3, -0.25) is 0 Å². The number of fused-ring (bicyclic) bond motifs is 2. The SMILES string of the molecule is CCN(Cc1ccnc2[nH]c(-c3cn(C)c4cc(OC)c(OC)cc34)cc12)c1cccs1. The summed E-state index contributed by atoms with van der Waals surface area (Å²) in [4.78, 5) is 10.5. The van der Waals surface area contributed by atoms with Gasteiger partial charge in [0.05, 0.1) is 24.7 Å². The monoisotopic (exact) mass is 446 g/mol. The number of aromatic amines is 1. The van der Waals surface area contributed by atoms with Crippen molar-refractivity contribution in [3.63, 3.8) is 0 Å². The van der Waals surface area contributed by atoms with Crippen molar-refractivity contribution in [3.05, 3.63) is 59.7 Å². The molecule has 0 bridgehead atoms. The molecule has 0 spiro atoms. The topological polar surface area (TPSA) is 55.3 Å². The van der Waals surface area contributed by atoms with E-state index in [-0.39, 0.29) is 0 Å². The van der Waals surface area contributed by atoms with Crippen LogP contribution in [0.1, 0.15) is 12.5 Å². The normalized spacial score (nSPS) is 11.4. The third-order valence-corrected chi connectivity index (χ3v) is 6.90. The van der Waals surface area contributed by atoms with Crippen LogP contribution in [-0.4, -0.2) is 35.3 Å². The maximum atomic E-state index is 5.55. The lowest BCUT2D eigenvalue weighted by Gasteiger charge is -2.21. The van der Waals surface area contributed by atoms with Gasteiger partial charge in [-0.15, -0.1) is 11.3 Å². The summed E-state index contributed by atoms with van der Waals surface area (Å²) < 4.78 is 13.2. The molecule has 0 radical (unpaired) electrons. The zero-order chi connectivity index (χ0) is 22.2. The van der Waals surface area contributed by atoms with Gasteiger partial charge in [-0.1, -0.05) is 0 Å². The van der Waals surface area contributed by atoms with Crippen molar-refractivity contribution in [2.24, 2.45) is 7.05 Å². The first-order chi connectivity index (χ1) is 15.6. The standard InChI is InChI=1S/C25H26N4O2S/c1-5-29(24-7-6-10-32-24)14-16-8-9-26-25-17(16)11-20(27-25)19-15-28(2)21-13-23(31-4)22(30-3)12-18(19)21/h6-13,15H,5,14H2,1-4H3,(H,26,27). The van der Waals surface area contributed by atoms with Crippen molar-refractivity contribution >= 4 is 38.3 Å². The molecule has 164 valence electrons. The predicted molar refractivity (Wildman–Crippen MR) is 132 cm³/mol. The fourth-order valence-electron chi connectivity index (χ4n) is 4.29. The number of nitrogens with zero attached hydrogens (tertiary/aromatic N) is 3. The molecular formula is C25H26N4O2S. The Balaban J connectivity index is 1.60. The van der Waals surface area contributed by atoms with Gasteiger partial charge in [0.25, 0.3) is 0 Å². The van der Waals surface area contributed by atoms with Crippen LogP contribution in [0.15, 0.2) is 54.2 Å². The highest BCUT2D eigenvalue weighted by atomic mass is 32.1. The highest BCUT2D eigenvalue weighted by molar-refractivity contribution is 7.14. The zero-order valence-corrected chi connectivity index (χ0v) is 19.5. The van der Waals surface area contributed by atoms with Crippen LogP contribution in [0.4, 0.5) is 5.00 Å². The fraction of sp³-hybridized carbons (Fsp3) is 0.240. The molecule has 0 aliphatic heterocycles. The van der Waals surface area contributed by atoms with Crippen molar-refractivity contribution in [2.75, 3.05) is 25.7 Å². The lowest BCUT2D eigenvalue weighted by atomic mass is 10.1. The van der Waals surface area contributed by atoms with Crippen LogP contribution in [0.5, 0.6) is 11.5 Å². The van der Waals surface area contributed by atoms with Gasteiger partial charge in [0.1, 0.15) is 5.65 Å². The number of H-pyrrole nitrogens is 1. The Hall–Kier alpha value is -3.45. The van der Waals surface area contributed by atoms with Crippen LogP contribution >= 0.6 is 11.3 Å². The summed E-state index contributed by atoms with van der Waals surface area (Å²) in [6.07, 6.45) is 4.02. The molecule has 32 heavy (non-hydrogen) atoms. The van der Waals surface area contributed by atoms with Crippen LogP contribution in [-0.2, 0) is 13.6 Å². The number of ether oxygens (including phenoxy) is 2. The van der Waals surface area contributed by atoms with Crippen molar-refractivity contribution in [2.45, 2.75) is 13.5 Å². The molecule has 6 nitrogen and oxygen atoms in total. The first-order valence-corrected chi connectivity index (χ1v) is 11.5. The summed E-state index contributed by atoms with van der Waals surface area (Å²) in [5.74, 6) is 1.44. The van der Waals surface area contributed by atoms with Gasteiger partial charge in [0.2, 0.25) is 0 Å². The van der Waals surface area contributed by atoms with Gasteiger partial charge in [-0.2, -0.15) is 0 Å². The lowest BCUT2D eigenvalue weighted by molar-refractivity contribution is 0.355. The number of aromatic nitrogens is 3. The number of aryl methyl sites for hydroxylation is 1. The Bertz CT molecular complexity index is 1380. The van der Waals surface area contributed by atoms with E-state index in [0.717, 1.165) is 57.8 Å². The molecule has 4 aromatic heterocycles. The van der Waals surface area contributed by atoms with Crippen molar-refractivity contribution in [3.8, 4) is 22.8 Å². The Morgan fingerprint density at radius 2 is 1.91 bits per heavy atom. The van der Waals surface area contributed by atoms with Crippen LogP contribution < -0.4 is 14.4 Å². The molecule has 0 fully saturated rings. The number of anilines is 1. The molecule has 7 heteroatoms. The minimum atomic E-state index is 0.719. The molecule has 5 rings (SSSR count). The first kappa shape index (κ1) is 20.5. The van der Waals surface area contributed by atoms with Gasteiger partial charge in [0, 0.05) is 60.6 Å². The molecule has 0 unspecified atom stereocenters. The van der Waals surface area contributed by atoms with Crippen molar-refractivity contribution < 1.29 is 9.47 Å². The van der Waals surface area contributed by atoms with E-state index in [2.05, 4.69) is 62.2 Å². The van der Waals surface area contributed by atoms with Crippen molar-refractivity contribution in [1.29, 1.82) is 0 Å². The summed E-state index contributed by atoms with van der Waals surface area (Å²) in [5, 5.41) is 5.66. The Kier molecular flexibility index (Phi) is 5.27. The minimum absolute atomic E-state index is 0.719. The van der Waals surface area contributed by atoms with E-state index in [1.54, 1.807) is 25.6 Å². The van der Waals surface area contributed by atoms with Gasteiger partial charge in [-0.25, -0.2) is 4.98 Å². The molecule has 4 heterocycles. The molecule has 0 atom stereocenters. The maximum Gasteiger partial charge on any atom is 0.162 e. The second-order valence-electron chi connectivity index (χ2n) is 7.76. The second kappa shape index (κ2) is 8.24. The number of thiophene rings is 1. The number of pyridine rings is 1. The highest BCUT2D eigenvalue weighted by Gasteiger charge is 2.17. The number of nitrogens with one attached hydrogen (secondary N) is 1. The van der Waals surface area contributed by atoms with E-state index < -0.39 is 0 Å². The Morgan fingerprint density at radius 1 is 1.09 bits per heavy atom. The molecule has 0 saturated heterocycles. The first-order valence-electron chi connectivity index (χ1n) is 10.6. The summed E-state index contributed by atoms with van der Waals surface area (Å²) in [7, 11) is 5.37. The number of hydrogen-bond donors (Lipinski definition) is 1. The van der Waals surface area contributed by atoms with E-state index in [1.807, 2.05) is 25.4 Å². The van der Waals surface area contributed by atoms with Crippen molar-refractivity contribution in [1.82, 2.24) is 14.5 Å². The van der Waals surface area contributed by atoms with Gasteiger partial charge >= 0.3 is 0 Å². The number of benzene rings is 1. The van der Waals surface area contributed by atoms with Crippen LogP contribution in [0.25, 0.3) is 33.2 Å². The van der Waals surface area contributed by atoms with E-state index >= 15 is 0 Å². The summed E-state index contributed by atoms with van der Waals surface area (Å²) in [6, 6.07) is 12.7. The van der Waals surface area contributed by atoms with Crippen LogP contribution in [0.2, 0.25) is 0 Å². The molecule has 0 aliphatic rings. The van der Waals surface area contributed by atoms with Crippen LogP contribution in [0.3, 0.4) is 0 Å². The third kappa shape index (κ3) is 3.39. The number of rotatable bonds is 7. The zero-order valence-electron chi connectivity index (χ0n) is 18.7. The van der Waals surface area contributed by atoms with Crippen LogP contribution in [0, 0.1) is 0 Å². The molecule has 5 aromatic rings. The van der Waals surface area contributed by atoms with Gasteiger partial charge in [-0.05, 0) is 48.2 Å². The Morgan fingerprint density at radius 3 is 2.62 bits per heavy atom. The molecule has 1 aromatic carbocycles. The van der Waals surface area contributed by atoms with E-state index in [1.165, 1.54) is 10.6 Å². The van der Waals surface area contributed by atoms with Gasteiger partial charge in [0.15, 0.2) is 11.5 Å². The molecule has 1 N–H and O–H groups in total. The number of methoxy groups -OCH3 is 2. The average molecular weight is 447 g/mol. The lowest BCUT2D eigenvalue weighted by Crippen LogP contribution is -2.20. The molecule has 0 amide bonds. The van der Waals surface area contributed by atoms with E-state index in [9.17, 15) is 0 Å². The predicted octanol–water partition coefficient (Wildman–Crippen LogP) is 5.83. The fourth-order valence-corrected chi connectivity index (χ4v) is 5.09. The molecular weight excluding hydrogens is 420 g/mol. The quantitative estimate of drug-likeness (QED) is 0.342. The van der Waals surface area contributed by atoms with Gasteiger partial charge < -0.3 is 23.9 Å².